The molecule has 1 heteroatoms. The Bertz CT molecular complexity index is 609. The van der Waals surface area contributed by atoms with Crippen LogP contribution in [0.25, 0.3) is 0 Å². The van der Waals surface area contributed by atoms with Gasteiger partial charge < -0.3 is 0 Å². The SMILES string of the molecule is CC.CC.CC.CC.CCc1ccccc1[N+](C)=C(C)c1ccccc1C. The van der Waals surface area contributed by atoms with Crippen LogP contribution in [-0.4, -0.2) is 17.3 Å². The van der Waals surface area contributed by atoms with Crippen molar-refractivity contribution in [2.45, 2.75) is 82.6 Å². The minimum atomic E-state index is 1.06. The predicted octanol–water partition coefficient (Wildman–Crippen LogP) is 8.45. The summed E-state index contributed by atoms with van der Waals surface area (Å²) in [5, 5.41) is 0. The second kappa shape index (κ2) is 20.4. The molecule has 0 radical (unpaired) electrons. The van der Waals surface area contributed by atoms with Gasteiger partial charge in [-0.15, -0.1) is 0 Å². The number of aryl methyl sites for hydroxylation is 2. The third-order valence-electron chi connectivity index (χ3n) is 3.77. The normalized spacial score (nSPS) is 9.48. The van der Waals surface area contributed by atoms with Gasteiger partial charge in [0.05, 0.1) is 0 Å². The fraction of sp³-hybridized carbons (Fsp3) is 0.500. The molecule has 0 bridgehead atoms. The summed E-state index contributed by atoms with van der Waals surface area (Å²) in [6, 6.07) is 17.2. The van der Waals surface area contributed by atoms with E-state index in [1.807, 2.05) is 55.4 Å². The van der Waals surface area contributed by atoms with Crippen LogP contribution >= 0.6 is 0 Å². The van der Waals surface area contributed by atoms with Crippen molar-refractivity contribution >= 4 is 11.4 Å². The highest BCUT2D eigenvalue weighted by molar-refractivity contribution is 5.96. The highest BCUT2D eigenvalue weighted by atomic mass is 15.0. The lowest BCUT2D eigenvalue weighted by Crippen LogP contribution is -2.13. The second-order valence-corrected chi connectivity index (χ2v) is 4.94. The average Bonchev–Trinajstić information content (AvgIpc) is 2.78. The van der Waals surface area contributed by atoms with Crippen LogP contribution in [-0.2, 0) is 6.42 Å². The van der Waals surface area contributed by atoms with Gasteiger partial charge in [-0.2, -0.15) is 4.58 Å². The van der Waals surface area contributed by atoms with Crippen molar-refractivity contribution in [3.8, 4) is 0 Å². The summed E-state index contributed by atoms with van der Waals surface area (Å²) in [5.74, 6) is 0. The second-order valence-electron chi connectivity index (χ2n) is 4.94. The summed E-state index contributed by atoms with van der Waals surface area (Å²) in [4.78, 5) is 0. The Morgan fingerprint density at radius 3 is 1.67 bits per heavy atom. The maximum atomic E-state index is 2.29. The summed E-state index contributed by atoms with van der Waals surface area (Å²) in [5.41, 5.74) is 6.61. The minimum absolute atomic E-state index is 1.06. The molecule has 0 amide bonds. The van der Waals surface area contributed by atoms with Gasteiger partial charge in [0.25, 0.3) is 0 Å². The average molecular weight is 373 g/mol. The minimum Gasteiger partial charge on any atom is -0.198 e. The zero-order valence-corrected chi connectivity index (χ0v) is 20.3. The molecule has 0 aliphatic heterocycles. The van der Waals surface area contributed by atoms with Crippen LogP contribution < -0.4 is 0 Å². The van der Waals surface area contributed by atoms with Gasteiger partial charge in [-0.25, -0.2) is 0 Å². The summed E-state index contributed by atoms with van der Waals surface area (Å²) in [6.45, 7) is 22.6. The Morgan fingerprint density at radius 2 is 1.19 bits per heavy atom. The lowest BCUT2D eigenvalue weighted by atomic mass is 10.0. The molecule has 0 fully saturated rings. The quantitative estimate of drug-likeness (QED) is 0.375. The maximum Gasteiger partial charge on any atom is 0.208 e. The molecule has 27 heavy (non-hydrogen) atoms. The van der Waals surface area contributed by atoms with E-state index < -0.39 is 0 Å². The number of hydrogen-bond acceptors (Lipinski definition) is 0. The van der Waals surface area contributed by atoms with Gasteiger partial charge in [-0.1, -0.05) is 98.7 Å². The summed E-state index contributed by atoms with van der Waals surface area (Å²) in [7, 11) is 2.15. The van der Waals surface area contributed by atoms with Crippen molar-refractivity contribution in [2.24, 2.45) is 0 Å². The van der Waals surface area contributed by atoms with Crippen molar-refractivity contribution < 1.29 is 4.58 Å². The number of para-hydroxylation sites is 1. The highest BCUT2D eigenvalue weighted by Crippen LogP contribution is 2.20. The van der Waals surface area contributed by atoms with Gasteiger partial charge in [0.2, 0.25) is 5.69 Å². The molecular weight excluding hydrogens is 326 g/mol. The molecule has 0 saturated heterocycles. The molecule has 0 heterocycles. The number of nitrogens with zero attached hydrogens (tertiary/aromatic N) is 1. The highest BCUT2D eigenvalue weighted by Gasteiger charge is 2.15. The summed E-state index contributed by atoms with van der Waals surface area (Å²) in [6.07, 6.45) is 1.06. The zero-order valence-electron chi connectivity index (χ0n) is 20.3. The molecule has 2 aromatic rings. The molecule has 0 aliphatic carbocycles. The standard InChI is InChI=1S/C18H22N.4C2H6/c1-5-16-11-7-9-13-18(16)19(4)15(3)17-12-8-6-10-14(17)2;4*1-2/h6-13H,5H2,1-4H3;4*1-2H3/q+1;;;;. The predicted molar refractivity (Wildman–Crippen MR) is 128 cm³/mol. The van der Waals surface area contributed by atoms with E-state index in [-0.39, 0.29) is 0 Å². The van der Waals surface area contributed by atoms with E-state index in [0.29, 0.717) is 0 Å². The van der Waals surface area contributed by atoms with E-state index in [0.717, 1.165) is 6.42 Å². The fourth-order valence-electron chi connectivity index (χ4n) is 2.48. The van der Waals surface area contributed by atoms with Crippen LogP contribution in [0.2, 0.25) is 0 Å². The molecule has 154 valence electrons. The Hall–Kier alpha value is -1.89. The molecule has 0 unspecified atom stereocenters. The van der Waals surface area contributed by atoms with Crippen LogP contribution in [0, 0.1) is 6.92 Å². The number of hydrogen-bond donors (Lipinski definition) is 0. The van der Waals surface area contributed by atoms with E-state index in [1.165, 1.54) is 28.1 Å². The van der Waals surface area contributed by atoms with Crippen LogP contribution in [0.1, 0.15) is 85.9 Å². The topological polar surface area (TPSA) is 3.01 Å². The molecule has 0 saturated carbocycles. The Morgan fingerprint density at radius 1 is 0.741 bits per heavy atom. The number of benzene rings is 2. The molecule has 0 spiro atoms. The van der Waals surface area contributed by atoms with Gasteiger partial charge in [-0.3, -0.25) is 0 Å². The molecule has 2 rings (SSSR count). The third-order valence-corrected chi connectivity index (χ3v) is 3.77. The first-order valence-corrected chi connectivity index (χ1v) is 10.9. The van der Waals surface area contributed by atoms with E-state index >= 15 is 0 Å². The van der Waals surface area contributed by atoms with Gasteiger partial charge in [0.15, 0.2) is 5.71 Å². The zero-order chi connectivity index (χ0) is 21.8. The molecule has 2 aromatic carbocycles. The summed E-state index contributed by atoms with van der Waals surface area (Å²) >= 11 is 0. The molecule has 0 N–H and O–H groups in total. The monoisotopic (exact) mass is 372 g/mol. The Balaban J connectivity index is -0.000000638. The lowest BCUT2D eigenvalue weighted by molar-refractivity contribution is -0.405. The molecule has 1 nitrogen and oxygen atoms in total. The van der Waals surface area contributed by atoms with Crippen molar-refractivity contribution in [3.63, 3.8) is 0 Å². The van der Waals surface area contributed by atoms with E-state index in [1.54, 1.807) is 0 Å². The van der Waals surface area contributed by atoms with Crippen LogP contribution in [0.5, 0.6) is 0 Å². The fourth-order valence-corrected chi connectivity index (χ4v) is 2.48. The molecule has 0 atom stereocenters. The maximum absolute atomic E-state index is 2.29. The lowest BCUT2D eigenvalue weighted by Gasteiger charge is -2.08. The van der Waals surface area contributed by atoms with Crippen LogP contribution in [0.15, 0.2) is 48.5 Å². The van der Waals surface area contributed by atoms with Crippen molar-refractivity contribution in [2.75, 3.05) is 7.05 Å². The van der Waals surface area contributed by atoms with Gasteiger partial charge in [0, 0.05) is 24.1 Å². The molecular formula is C26H46N+. The van der Waals surface area contributed by atoms with Crippen LogP contribution in [0.3, 0.4) is 0 Å². The first kappa shape index (κ1) is 29.9. The molecule has 0 aromatic heterocycles. The largest absolute Gasteiger partial charge is 0.208 e. The van der Waals surface area contributed by atoms with Crippen molar-refractivity contribution in [3.05, 3.63) is 65.2 Å². The Labute approximate surface area is 171 Å². The molecule has 0 aliphatic rings. The van der Waals surface area contributed by atoms with E-state index in [9.17, 15) is 0 Å². The first-order chi connectivity index (χ1) is 13.1. The van der Waals surface area contributed by atoms with Crippen molar-refractivity contribution in [1.82, 2.24) is 0 Å². The first-order valence-electron chi connectivity index (χ1n) is 10.9. The Kier molecular flexibility index (Phi) is 22.6. The third kappa shape index (κ3) is 10.1. The van der Waals surface area contributed by atoms with E-state index in [2.05, 4.69) is 80.9 Å². The van der Waals surface area contributed by atoms with Gasteiger partial charge >= 0.3 is 0 Å². The smallest absolute Gasteiger partial charge is 0.198 e. The summed E-state index contributed by atoms with van der Waals surface area (Å²) < 4.78 is 2.29. The van der Waals surface area contributed by atoms with Crippen molar-refractivity contribution in [1.29, 1.82) is 0 Å². The van der Waals surface area contributed by atoms with Crippen LogP contribution in [0.4, 0.5) is 5.69 Å². The van der Waals surface area contributed by atoms with Gasteiger partial charge in [-0.05, 0) is 25.0 Å². The number of rotatable bonds is 3. The van der Waals surface area contributed by atoms with E-state index in [4.69, 9.17) is 0 Å². The van der Waals surface area contributed by atoms with Gasteiger partial charge in [0.1, 0.15) is 7.05 Å².